The van der Waals surface area contributed by atoms with Crippen LogP contribution in [0.4, 0.5) is 0 Å². The molecule has 1 aliphatic carbocycles. The minimum absolute atomic E-state index is 0.254. The zero-order valence-corrected chi connectivity index (χ0v) is 15.7. The van der Waals surface area contributed by atoms with Gasteiger partial charge in [0.05, 0.1) is 6.42 Å². The van der Waals surface area contributed by atoms with Crippen LogP contribution in [-0.2, 0) is 24.1 Å². The summed E-state index contributed by atoms with van der Waals surface area (Å²) < 4.78 is 0. The van der Waals surface area contributed by atoms with Crippen molar-refractivity contribution < 1.29 is 4.79 Å². The Hall–Kier alpha value is -1.65. The summed E-state index contributed by atoms with van der Waals surface area (Å²) in [5.74, 6) is 0.254. The second-order valence-electron chi connectivity index (χ2n) is 7.38. The Bertz CT molecular complexity index is 702. The fourth-order valence-electron chi connectivity index (χ4n) is 4.32. The standard InChI is InChI=1S/C21H26N2OS/c1-22(21(24)14-20-9-5-11-25-20)18-8-4-10-23(15-18)19-12-16-6-2-3-7-17(16)13-19/h2-3,5-7,9,11,18-19H,4,8,10,12-15H2,1H3. The number of fused-ring (bicyclic) bond motifs is 1. The lowest BCUT2D eigenvalue weighted by atomic mass is 10.0. The van der Waals surface area contributed by atoms with Gasteiger partial charge in [0.2, 0.25) is 5.91 Å². The number of thiophene rings is 1. The SMILES string of the molecule is CN(C(=O)Cc1cccs1)C1CCCN(C2Cc3ccccc3C2)C1. The average molecular weight is 355 g/mol. The molecule has 0 saturated carbocycles. The Morgan fingerprint density at radius 3 is 2.64 bits per heavy atom. The normalized spacial score (nSPS) is 21.2. The van der Waals surface area contributed by atoms with Crippen LogP contribution < -0.4 is 0 Å². The fourth-order valence-corrected chi connectivity index (χ4v) is 5.01. The number of nitrogens with zero attached hydrogens (tertiary/aromatic N) is 2. The zero-order valence-electron chi connectivity index (χ0n) is 14.9. The predicted octanol–water partition coefficient (Wildman–Crippen LogP) is 3.38. The molecule has 132 valence electrons. The maximum Gasteiger partial charge on any atom is 0.227 e. The summed E-state index contributed by atoms with van der Waals surface area (Å²) in [5, 5.41) is 2.04. The van der Waals surface area contributed by atoms with Crippen LogP contribution in [0, 0.1) is 0 Å². The van der Waals surface area contributed by atoms with Crippen molar-refractivity contribution in [2.75, 3.05) is 20.1 Å². The van der Waals surface area contributed by atoms with Gasteiger partial charge in [-0.1, -0.05) is 30.3 Å². The number of hydrogen-bond donors (Lipinski definition) is 0. The molecule has 4 heteroatoms. The zero-order chi connectivity index (χ0) is 17.2. The molecule has 2 aromatic rings. The number of benzene rings is 1. The number of hydrogen-bond acceptors (Lipinski definition) is 3. The minimum Gasteiger partial charge on any atom is -0.341 e. The largest absolute Gasteiger partial charge is 0.341 e. The van der Waals surface area contributed by atoms with Gasteiger partial charge in [-0.25, -0.2) is 0 Å². The first-order valence-corrected chi connectivity index (χ1v) is 10.2. The van der Waals surface area contributed by atoms with Crippen molar-refractivity contribution >= 4 is 17.2 Å². The van der Waals surface area contributed by atoms with Crippen molar-refractivity contribution in [1.82, 2.24) is 9.80 Å². The molecule has 1 saturated heterocycles. The van der Waals surface area contributed by atoms with E-state index in [9.17, 15) is 4.79 Å². The highest BCUT2D eigenvalue weighted by Crippen LogP contribution is 2.28. The van der Waals surface area contributed by atoms with Gasteiger partial charge in [0, 0.05) is 30.6 Å². The minimum atomic E-state index is 0.254. The molecule has 4 rings (SSSR count). The Morgan fingerprint density at radius 1 is 1.20 bits per heavy atom. The first-order chi connectivity index (χ1) is 12.2. The highest BCUT2D eigenvalue weighted by molar-refractivity contribution is 7.10. The van der Waals surface area contributed by atoms with Gasteiger partial charge < -0.3 is 4.90 Å². The van der Waals surface area contributed by atoms with Crippen LogP contribution in [0.3, 0.4) is 0 Å². The van der Waals surface area contributed by atoms with Crippen LogP contribution in [0.5, 0.6) is 0 Å². The van der Waals surface area contributed by atoms with Crippen LogP contribution in [0.25, 0.3) is 0 Å². The van der Waals surface area contributed by atoms with Crippen molar-refractivity contribution in [3.8, 4) is 0 Å². The maximum absolute atomic E-state index is 12.6. The van der Waals surface area contributed by atoms with Crippen molar-refractivity contribution in [1.29, 1.82) is 0 Å². The molecule has 0 radical (unpaired) electrons. The molecule has 1 amide bonds. The number of amides is 1. The number of likely N-dealkylation sites (tertiary alicyclic amines) is 1. The summed E-state index contributed by atoms with van der Waals surface area (Å²) in [6.07, 6.45) is 5.18. The van der Waals surface area contributed by atoms with E-state index < -0.39 is 0 Å². The topological polar surface area (TPSA) is 23.6 Å². The van der Waals surface area contributed by atoms with E-state index in [4.69, 9.17) is 0 Å². The molecular formula is C21H26N2OS. The Labute approximate surface area is 154 Å². The van der Waals surface area contributed by atoms with E-state index in [2.05, 4.69) is 35.2 Å². The van der Waals surface area contributed by atoms with Crippen molar-refractivity contribution in [2.45, 2.75) is 44.2 Å². The highest BCUT2D eigenvalue weighted by atomic mass is 32.1. The van der Waals surface area contributed by atoms with Gasteiger partial charge in [-0.05, 0) is 54.8 Å². The van der Waals surface area contributed by atoms with Gasteiger partial charge in [-0.15, -0.1) is 11.3 Å². The van der Waals surface area contributed by atoms with Crippen molar-refractivity contribution in [2.24, 2.45) is 0 Å². The number of likely N-dealkylation sites (N-methyl/N-ethyl adjacent to an activating group) is 1. The van der Waals surface area contributed by atoms with Gasteiger partial charge in [-0.2, -0.15) is 0 Å². The molecule has 2 aliphatic rings. The highest BCUT2D eigenvalue weighted by Gasteiger charge is 2.32. The second-order valence-corrected chi connectivity index (χ2v) is 8.41. The molecule has 1 aliphatic heterocycles. The Kier molecular flexibility index (Phi) is 4.91. The van der Waals surface area contributed by atoms with Gasteiger partial charge in [0.15, 0.2) is 0 Å². The molecule has 25 heavy (non-hydrogen) atoms. The monoisotopic (exact) mass is 354 g/mol. The lowest BCUT2D eigenvalue weighted by Crippen LogP contribution is -2.52. The molecular weight excluding hydrogens is 328 g/mol. The fraction of sp³-hybridized carbons (Fsp3) is 0.476. The van der Waals surface area contributed by atoms with Gasteiger partial charge in [0.1, 0.15) is 0 Å². The first-order valence-electron chi connectivity index (χ1n) is 9.29. The van der Waals surface area contributed by atoms with Crippen LogP contribution in [-0.4, -0.2) is 47.9 Å². The predicted molar refractivity (Wildman–Crippen MR) is 103 cm³/mol. The molecule has 1 unspecified atom stereocenters. The quantitative estimate of drug-likeness (QED) is 0.840. The molecule has 1 aromatic heterocycles. The lowest BCUT2D eigenvalue weighted by Gasteiger charge is -2.40. The summed E-state index contributed by atoms with van der Waals surface area (Å²) in [6, 6.07) is 13.9. The second kappa shape index (κ2) is 7.30. The number of carbonyl (C=O) groups excluding carboxylic acids is 1. The molecule has 3 nitrogen and oxygen atoms in total. The maximum atomic E-state index is 12.6. The number of carbonyl (C=O) groups is 1. The third kappa shape index (κ3) is 3.65. The van der Waals surface area contributed by atoms with Crippen molar-refractivity contribution in [3.63, 3.8) is 0 Å². The van der Waals surface area contributed by atoms with Gasteiger partial charge in [0.25, 0.3) is 0 Å². The molecule has 1 fully saturated rings. The van der Waals surface area contributed by atoms with Gasteiger partial charge >= 0.3 is 0 Å². The summed E-state index contributed by atoms with van der Waals surface area (Å²) in [4.78, 5) is 18.4. The third-order valence-corrected chi connectivity index (χ3v) is 6.70. The van der Waals surface area contributed by atoms with Crippen molar-refractivity contribution in [3.05, 3.63) is 57.8 Å². The van der Waals surface area contributed by atoms with Gasteiger partial charge in [-0.3, -0.25) is 9.69 Å². The molecule has 1 atom stereocenters. The van der Waals surface area contributed by atoms with Crippen LogP contribution in [0.2, 0.25) is 0 Å². The van der Waals surface area contributed by atoms with Crippen LogP contribution >= 0.6 is 11.3 Å². The van der Waals surface area contributed by atoms with Crippen LogP contribution in [0.1, 0.15) is 28.8 Å². The van der Waals surface area contributed by atoms with E-state index >= 15 is 0 Å². The van der Waals surface area contributed by atoms with E-state index in [0.29, 0.717) is 18.5 Å². The smallest absolute Gasteiger partial charge is 0.227 e. The van der Waals surface area contributed by atoms with E-state index in [1.807, 2.05) is 23.4 Å². The summed E-state index contributed by atoms with van der Waals surface area (Å²) in [7, 11) is 1.99. The van der Waals surface area contributed by atoms with E-state index in [0.717, 1.165) is 30.7 Å². The summed E-state index contributed by atoms with van der Waals surface area (Å²) in [5.41, 5.74) is 3.02. The molecule has 0 N–H and O–H groups in total. The molecule has 2 heterocycles. The van der Waals surface area contributed by atoms with E-state index in [-0.39, 0.29) is 5.91 Å². The average Bonchev–Trinajstić information content (AvgIpc) is 3.30. The Morgan fingerprint density at radius 2 is 1.96 bits per heavy atom. The molecule has 1 aromatic carbocycles. The number of rotatable bonds is 4. The molecule has 0 bridgehead atoms. The summed E-state index contributed by atoms with van der Waals surface area (Å²) >= 11 is 1.67. The third-order valence-electron chi connectivity index (χ3n) is 5.82. The number of piperidine rings is 1. The van der Waals surface area contributed by atoms with E-state index in [1.165, 1.54) is 24.1 Å². The van der Waals surface area contributed by atoms with E-state index in [1.54, 1.807) is 11.3 Å². The Balaban J connectivity index is 1.37. The lowest BCUT2D eigenvalue weighted by molar-refractivity contribution is -0.132. The summed E-state index contributed by atoms with van der Waals surface area (Å²) in [6.45, 7) is 2.19. The molecule has 0 spiro atoms. The first kappa shape index (κ1) is 16.8. The van der Waals surface area contributed by atoms with Crippen LogP contribution in [0.15, 0.2) is 41.8 Å².